The second-order valence-electron chi connectivity index (χ2n) is 10.2. The van der Waals surface area contributed by atoms with Gasteiger partial charge in [-0.15, -0.1) is 0 Å². The molecule has 190 valence electrons. The number of carbonyl (C=O) groups excluding carboxylic acids is 1. The van der Waals surface area contributed by atoms with Crippen molar-refractivity contribution < 1.29 is 9.53 Å². The van der Waals surface area contributed by atoms with E-state index in [2.05, 4.69) is 58.4 Å². The third kappa shape index (κ3) is 7.12. The van der Waals surface area contributed by atoms with Crippen molar-refractivity contribution >= 4 is 17.4 Å². The van der Waals surface area contributed by atoms with E-state index in [9.17, 15) is 4.79 Å². The number of aromatic nitrogens is 2. The summed E-state index contributed by atoms with van der Waals surface area (Å²) in [7, 11) is 0. The standard InChI is InChI=1S/C29H37N5O2/c1-29(2,3)26-9-8-24(20-23(26)6-5-15-34-16-18-36-19-17-34)33-28(35)25-7-4-12-31-27(25)32-21-22-10-13-30-14-11-22/h4,7-14,20H,5-6,15-19,21H2,1-3H3,(H,31,32)(H,33,35). The van der Waals surface area contributed by atoms with Gasteiger partial charge < -0.3 is 15.4 Å². The first-order chi connectivity index (χ1) is 17.4. The highest BCUT2D eigenvalue weighted by Gasteiger charge is 2.20. The Labute approximate surface area is 214 Å². The quantitative estimate of drug-likeness (QED) is 0.447. The van der Waals surface area contributed by atoms with Crippen molar-refractivity contribution in [3.05, 3.63) is 83.3 Å². The highest BCUT2D eigenvalue weighted by atomic mass is 16.5. The fourth-order valence-electron chi connectivity index (χ4n) is 4.54. The van der Waals surface area contributed by atoms with Crippen LogP contribution in [0.25, 0.3) is 0 Å². The van der Waals surface area contributed by atoms with Crippen LogP contribution >= 0.6 is 0 Å². The number of rotatable bonds is 9. The molecule has 7 heteroatoms. The zero-order valence-corrected chi connectivity index (χ0v) is 21.6. The van der Waals surface area contributed by atoms with Crippen LogP contribution in [0.4, 0.5) is 11.5 Å². The smallest absolute Gasteiger partial charge is 0.259 e. The van der Waals surface area contributed by atoms with Crippen LogP contribution in [-0.4, -0.2) is 53.6 Å². The first kappa shape index (κ1) is 25.8. The fourth-order valence-corrected chi connectivity index (χ4v) is 4.54. The Balaban J connectivity index is 1.45. The number of pyridine rings is 2. The van der Waals surface area contributed by atoms with Crippen molar-refractivity contribution in [2.24, 2.45) is 0 Å². The molecular weight excluding hydrogens is 450 g/mol. The van der Waals surface area contributed by atoms with E-state index in [0.29, 0.717) is 17.9 Å². The van der Waals surface area contributed by atoms with Crippen molar-refractivity contribution in [3.63, 3.8) is 0 Å². The number of amides is 1. The summed E-state index contributed by atoms with van der Waals surface area (Å²) in [5.74, 6) is 0.381. The molecule has 1 fully saturated rings. The van der Waals surface area contributed by atoms with Crippen LogP contribution in [0.1, 0.15) is 54.2 Å². The van der Waals surface area contributed by atoms with Gasteiger partial charge in [-0.2, -0.15) is 0 Å². The van der Waals surface area contributed by atoms with E-state index in [-0.39, 0.29) is 11.3 Å². The lowest BCUT2D eigenvalue weighted by atomic mass is 9.82. The zero-order chi connectivity index (χ0) is 25.4. The van der Waals surface area contributed by atoms with Gasteiger partial charge in [-0.3, -0.25) is 14.7 Å². The summed E-state index contributed by atoms with van der Waals surface area (Å²) < 4.78 is 5.47. The number of aryl methyl sites for hydroxylation is 1. The molecule has 3 heterocycles. The van der Waals surface area contributed by atoms with Crippen LogP contribution in [0, 0.1) is 0 Å². The number of hydrogen-bond acceptors (Lipinski definition) is 6. The molecule has 0 spiro atoms. The Morgan fingerprint density at radius 3 is 2.58 bits per heavy atom. The third-order valence-electron chi connectivity index (χ3n) is 6.46. The highest BCUT2D eigenvalue weighted by molar-refractivity contribution is 6.07. The molecule has 1 aliphatic heterocycles. The Morgan fingerprint density at radius 1 is 1.06 bits per heavy atom. The predicted octanol–water partition coefficient (Wildman–Crippen LogP) is 4.90. The van der Waals surface area contributed by atoms with E-state index in [1.165, 1.54) is 11.1 Å². The van der Waals surface area contributed by atoms with Crippen LogP contribution in [0.3, 0.4) is 0 Å². The molecular formula is C29H37N5O2. The molecule has 2 aromatic heterocycles. The topological polar surface area (TPSA) is 79.4 Å². The second kappa shape index (κ2) is 12.1. The van der Waals surface area contributed by atoms with Gasteiger partial charge in [0.05, 0.1) is 18.8 Å². The maximum atomic E-state index is 13.2. The normalized spacial score (nSPS) is 14.4. The third-order valence-corrected chi connectivity index (χ3v) is 6.46. The van der Waals surface area contributed by atoms with Crippen molar-refractivity contribution in [2.75, 3.05) is 43.5 Å². The van der Waals surface area contributed by atoms with E-state index in [1.54, 1.807) is 30.7 Å². The molecule has 0 aliphatic carbocycles. The van der Waals surface area contributed by atoms with Gasteiger partial charge in [-0.25, -0.2) is 4.98 Å². The lowest BCUT2D eigenvalue weighted by Crippen LogP contribution is -2.37. The number of carbonyl (C=O) groups is 1. The molecule has 2 N–H and O–H groups in total. The maximum Gasteiger partial charge on any atom is 0.259 e. The van der Waals surface area contributed by atoms with Gasteiger partial charge in [0.15, 0.2) is 0 Å². The summed E-state index contributed by atoms with van der Waals surface area (Å²) in [6.07, 6.45) is 7.24. The molecule has 0 radical (unpaired) electrons. The lowest BCUT2D eigenvalue weighted by Gasteiger charge is -2.27. The Hall–Kier alpha value is -3.29. The van der Waals surface area contributed by atoms with Crippen LogP contribution < -0.4 is 10.6 Å². The van der Waals surface area contributed by atoms with Gasteiger partial charge in [-0.1, -0.05) is 26.8 Å². The minimum Gasteiger partial charge on any atom is -0.379 e. The average Bonchev–Trinajstić information content (AvgIpc) is 2.88. The number of anilines is 2. The molecule has 1 aromatic carbocycles. The molecule has 7 nitrogen and oxygen atoms in total. The summed E-state index contributed by atoms with van der Waals surface area (Å²) in [6.45, 7) is 12.0. The highest BCUT2D eigenvalue weighted by Crippen LogP contribution is 2.29. The molecule has 1 amide bonds. The first-order valence-corrected chi connectivity index (χ1v) is 12.7. The summed E-state index contributed by atoms with van der Waals surface area (Å²) in [4.78, 5) is 24.2. The number of nitrogens with one attached hydrogen (secondary N) is 2. The van der Waals surface area contributed by atoms with E-state index in [0.717, 1.165) is 56.9 Å². The first-order valence-electron chi connectivity index (χ1n) is 12.7. The fraction of sp³-hybridized carbons (Fsp3) is 0.414. The van der Waals surface area contributed by atoms with Crippen molar-refractivity contribution in [1.82, 2.24) is 14.9 Å². The zero-order valence-electron chi connectivity index (χ0n) is 21.6. The second-order valence-corrected chi connectivity index (χ2v) is 10.2. The predicted molar refractivity (Wildman–Crippen MR) is 144 cm³/mol. The van der Waals surface area contributed by atoms with Gasteiger partial charge in [0.25, 0.3) is 5.91 Å². The molecule has 3 aromatic rings. The van der Waals surface area contributed by atoms with Crippen LogP contribution in [0.15, 0.2) is 61.1 Å². The monoisotopic (exact) mass is 487 g/mol. The number of ether oxygens (including phenoxy) is 1. The van der Waals surface area contributed by atoms with E-state index in [4.69, 9.17) is 4.74 Å². The van der Waals surface area contributed by atoms with Gasteiger partial charge in [0.1, 0.15) is 5.82 Å². The van der Waals surface area contributed by atoms with Crippen LogP contribution in [0.5, 0.6) is 0 Å². The minimum absolute atomic E-state index is 0.0320. The SMILES string of the molecule is CC(C)(C)c1ccc(NC(=O)c2cccnc2NCc2ccncc2)cc1CCCN1CCOCC1. The molecule has 1 saturated heterocycles. The largest absolute Gasteiger partial charge is 0.379 e. The number of morpholine rings is 1. The molecule has 0 bridgehead atoms. The van der Waals surface area contributed by atoms with Gasteiger partial charge in [0.2, 0.25) is 0 Å². The molecule has 1 aliphatic rings. The minimum atomic E-state index is -0.178. The van der Waals surface area contributed by atoms with Crippen LogP contribution in [0.2, 0.25) is 0 Å². The number of nitrogens with zero attached hydrogens (tertiary/aromatic N) is 3. The van der Waals surface area contributed by atoms with Gasteiger partial charge in [-0.05, 0) is 77.9 Å². The van der Waals surface area contributed by atoms with Gasteiger partial charge in [0, 0.05) is 43.9 Å². The summed E-state index contributed by atoms with van der Waals surface area (Å²) >= 11 is 0. The Kier molecular flexibility index (Phi) is 8.67. The summed E-state index contributed by atoms with van der Waals surface area (Å²) in [6, 6.07) is 13.8. The van der Waals surface area contributed by atoms with Crippen molar-refractivity contribution in [2.45, 2.75) is 45.6 Å². The molecule has 4 rings (SSSR count). The molecule has 0 atom stereocenters. The van der Waals surface area contributed by atoms with Crippen LogP contribution in [-0.2, 0) is 23.1 Å². The van der Waals surface area contributed by atoms with E-state index >= 15 is 0 Å². The molecule has 0 unspecified atom stereocenters. The Morgan fingerprint density at radius 2 is 1.83 bits per heavy atom. The Bertz CT molecular complexity index is 1140. The number of benzene rings is 1. The molecule has 0 saturated carbocycles. The lowest BCUT2D eigenvalue weighted by molar-refractivity contribution is 0.0374. The summed E-state index contributed by atoms with van der Waals surface area (Å²) in [5, 5.41) is 6.38. The van der Waals surface area contributed by atoms with Crippen molar-refractivity contribution in [1.29, 1.82) is 0 Å². The number of hydrogen-bond donors (Lipinski definition) is 2. The van der Waals surface area contributed by atoms with E-state index in [1.807, 2.05) is 18.2 Å². The van der Waals surface area contributed by atoms with Crippen molar-refractivity contribution in [3.8, 4) is 0 Å². The summed E-state index contributed by atoms with van der Waals surface area (Å²) in [5.41, 5.74) is 5.03. The van der Waals surface area contributed by atoms with E-state index < -0.39 is 0 Å². The van der Waals surface area contributed by atoms with Gasteiger partial charge >= 0.3 is 0 Å². The average molecular weight is 488 g/mol. The molecule has 36 heavy (non-hydrogen) atoms. The maximum absolute atomic E-state index is 13.2.